The highest BCUT2D eigenvalue weighted by Gasteiger charge is 2.23. The van der Waals surface area contributed by atoms with Gasteiger partial charge in [-0.3, -0.25) is 5.32 Å². The monoisotopic (exact) mass is 296 g/mol. The first kappa shape index (κ1) is 16.4. The van der Waals surface area contributed by atoms with Crippen LogP contribution in [0.15, 0.2) is 24.3 Å². The minimum absolute atomic E-state index is 0.318. The van der Waals surface area contributed by atoms with Crippen LogP contribution in [-0.2, 0) is 5.75 Å². The molecule has 0 radical (unpaired) electrons. The van der Waals surface area contributed by atoms with Crippen molar-refractivity contribution >= 4 is 23.4 Å². The summed E-state index contributed by atoms with van der Waals surface area (Å²) in [6.07, 6.45) is 0.830. The molecule has 0 aromatic heterocycles. The summed E-state index contributed by atoms with van der Waals surface area (Å²) in [6.45, 7) is 6.09. The van der Waals surface area contributed by atoms with Crippen LogP contribution in [0.4, 0.5) is 0 Å². The van der Waals surface area contributed by atoms with Crippen LogP contribution in [-0.4, -0.2) is 17.3 Å². The van der Waals surface area contributed by atoms with Crippen molar-refractivity contribution in [2.75, 3.05) is 5.75 Å². The first-order chi connectivity index (χ1) is 8.97. The lowest BCUT2D eigenvalue weighted by molar-refractivity contribution is 0.397. The van der Waals surface area contributed by atoms with Gasteiger partial charge in [0.05, 0.1) is 6.07 Å². The third kappa shape index (κ3) is 5.86. The average molecular weight is 297 g/mol. The number of hydrogen-bond donors (Lipinski definition) is 1. The molecule has 1 aromatic rings. The normalized spacial score (nSPS) is 14.1. The molecular weight excluding hydrogens is 276 g/mol. The van der Waals surface area contributed by atoms with Crippen molar-refractivity contribution in [1.82, 2.24) is 5.32 Å². The molecule has 0 spiro atoms. The molecule has 0 bridgehead atoms. The van der Waals surface area contributed by atoms with Crippen LogP contribution in [0.1, 0.15) is 32.8 Å². The molecule has 104 valence electrons. The van der Waals surface area contributed by atoms with Gasteiger partial charge in [-0.25, -0.2) is 0 Å². The predicted octanol–water partition coefficient (Wildman–Crippen LogP) is 4.24. The van der Waals surface area contributed by atoms with Gasteiger partial charge in [-0.05, 0) is 44.6 Å². The van der Waals surface area contributed by atoms with Gasteiger partial charge in [-0.2, -0.15) is 17.0 Å². The summed E-state index contributed by atoms with van der Waals surface area (Å²) in [5.41, 5.74) is 0.714. The Morgan fingerprint density at radius 1 is 1.42 bits per heavy atom. The quantitative estimate of drug-likeness (QED) is 0.764. The van der Waals surface area contributed by atoms with E-state index in [0.717, 1.165) is 28.5 Å². The molecular formula is C15H21ClN2S. The zero-order valence-electron chi connectivity index (χ0n) is 11.7. The van der Waals surface area contributed by atoms with E-state index in [9.17, 15) is 5.26 Å². The molecule has 0 heterocycles. The molecule has 4 heteroatoms. The van der Waals surface area contributed by atoms with Crippen molar-refractivity contribution < 1.29 is 0 Å². The first-order valence-electron chi connectivity index (χ1n) is 6.47. The lowest BCUT2D eigenvalue weighted by atomic mass is 10.0. The van der Waals surface area contributed by atoms with E-state index in [0.29, 0.717) is 6.04 Å². The summed E-state index contributed by atoms with van der Waals surface area (Å²) in [7, 11) is 0. The summed E-state index contributed by atoms with van der Waals surface area (Å²) in [6, 6.07) is 10.6. The third-order valence-corrected chi connectivity index (χ3v) is 4.19. The molecule has 1 atom stereocenters. The summed E-state index contributed by atoms with van der Waals surface area (Å²) in [4.78, 5) is 0. The second kappa shape index (κ2) is 7.79. The number of benzene rings is 1. The number of rotatable bonds is 7. The Morgan fingerprint density at radius 2 is 2.11 bits per heavy atom. The molecule has 0 saturated carbocycles. The van der Waals surface area contributed by atoms with Gasteiger partial charge in [0.15, 0.2) is 0 Å². The molecule has 1 N–H and O–H groups in total. The Labute approximate surface area is 125 Å². The highest BCUT2D eigenvalue weighted by Crippen LogP contribution is 2.22. The SMILES string of the molecule is CC(C)NC(C)(C#N)CCSCc1ccccc1Cl. The van der Waals surface area contributed by atoms with Gasteiger partial charge in [0.25, 0.3) is 0 Å². The molecule has 19 heavy (non-hydrogen) atoms. The van der Waals surface area contributed by atoms with E-state index in [2.05, 4.69) is 25.2 Å². The average Bonchev–Trinajstić information content (AvgIpc) is 2.36. The van der Waals surface area contributed by atoms with Gasteiger partial charge in [-0.1, -0.05) is 29.8 Å². The van der Waals surface area contributed by atoms with E-state index in [1.807, 2.05) is 43.0 Å². The van der Waals surface area contributed by atoms with E-state index in [1.54, 1.807) is 0 Å². The molecule has 0 aliphatic heterocycles. The Balaban J connectivity index is 2.38. The van der Waals surface area contributed by atoms with E-state index in [1.165, 1.54) is 0 Å². The predicted molar refractivity (Wildman–Crippen MR) is 84.5 cm³/mol. The summed E-state index contributed by atoms with van der Waals surface area (Å²) in [5.74, 6) is 1.83. The number of halogens is 1. The molecule has 1 rings (SSSR count). The molecule has 2 nitrogen and oxygen atoms in total. The lowest BCUT2D eigenvalue weighted by Crippen LogP contribution is -2.45. The molecule has 0 aliphatic rings. The van der Waals surface area contributed by atoms with Gasteiger partial charge < -0.3 is 0 Å². The molecule has 0 amide bonds. The minimum atomic E-state index is -0.443. The van der Waals surface area contributed by atoms with Gasteiger partial charge in [0.1, 0.15) is 5.54 Å². The van der Waals surface area contributed by atoms with Gasteiger partial charge in [0.2, 0.25) is 0 Å². The van der Waals surface area contributed by atoms with Crippen LogP contribution in [0.3, 0.4) is 0 Å². The van der Waals surface area contributed by atoms with Crippen LogP contribution >= 0.6 is 23.4 Å². The Bertz CT molecular complexity index is 442. The number of hydrogen-bond acceptors (Lipinski definition) is 3. The highest BCUT2D eigenvalue weighted by molar-refractivity contribution is 7.98. The van der Waals surface area contributed by atoms with Crippen molar-refractivity contribution in [3.05, 3.63) is 34.9 Å². The fraction of sp³-hybridized carbons (Fsp3) is 0.533. The van der Waals surface area contributed by atoms with Crippen LogP contribution in [0.2, 0.25) is 5.02 Å². The number of nitrogens with one attached hydrogen (secondary N) is 1. The number of nitriles is 1. The molecule has 0 aliphatic carbocycles. The molecule has 1 aromatic carbocycles. The molecule has 0 fully saturated rings. The van der Waals surface area contributed by atoms with Crippen LogP contribution in [0, 0.1) is 11.3 Å². The van der Waals surface area contributed by atoms with Crippen LogP contribution in [0.25, 0.3) is 0 Å². The minimum Gasteiger partial charge on any atom is -0.297 e. The van der Waals surface area contributed by atoms with Crippen LogP contribution < -0.4 is 5.32 Å². The van der Waals surface area contributed by atoms with Crippen molar-refractivity contribution in [3.8, 4) is 6.07 Å². The Morgan fingerprint density at radius 3 is 2.68 bits per heavy atom. The molecule has 0 saturated heterocycles. The van der Waals surface area contributed by atoms with Crippen molar-refractivity contribution in [2.45, 2.75) is 44.5 Å². The van der Waals surface area contributed by atoms with Crippen molar-refractivity contribution in [2.24, 2.45) is 0 Å². The topological polar surface area (TPSA) is 35.8 Å². The number of thioether (sulfide) groups is 1. The standard InChI is InChI=1S/C15H21ClN2S/c1-12(2)18-15(3,11-17)8-9-19-10-13-6-4-5-7-14(13)16/h4-7,12,18H,8-10H2,1-3H3. The summed E-state index contributed by atoms with van der Waals surface area (Å²) >= 11 is 7.93. The molecule has 1 unspecified atom stereocenters. The Hall–Kier alpha value is -0.690. The van der Waals surface area contributed by atoms with E-state index in [4.69, 9.17) is 11.6 Å². The van der Waals surface area contributed by atoms with Gasteiger partial charge >= 0.3 is 0 Å². The second-order valence-corrected chi connectivity index (χ2v) is 6.65. The summed E-state index contributed by atoms with van der Waals surface area (Å²) in [5, 5.41) is 13.4. The zero-order valence-corrected chi connectivity index (χ0v) is 13.3. The fourth-order valence-electron chi connectivity index (χ4n) is 1.87. The van der Waals surface area contributed by atoms with Crippen molar-refractivity contribution in [1.29, 1.82) is 5.26 Å². The number of nitrogens with zero attached hydrogens (tertiary/aromatic N) is 1. The fourth-order valence-corrected chi connectivity index (χ4v) is 3.32. The van der Waals surface area contributed by atoms with Gasteiger partial charge in [0, 0.05) is 16.8 Å². The third-order valence-electron chi connectivity index (χ3n) is 2.82. The highest BCUT2D eigenvalue weighted by atomic mass is 35.5. The second-order valence-electron chi connectivity index (χ2n) is 5.14. The zero-order chi connectivity index (χ0) is 14.3. The largest absolute Gasteiger partial charge is 0.297 e. The maximum absolute atomic E-state index is 9.25. The Kier molecular flexibility index (Phi) is 6.71. The maximum Gasteiger partial charge on any atom is 0.104 e. The maximum atomic E-state index is 9.25. The first-order valence-corrected chi connectivity index (χ1v) is 8.00. The summed E-state index contributed by atoms with van der Waals surface area (Å²) < 4.78 is 0. The van der Waals surface area contributed by atoms with E-state index in [-0.39, 0.29) is 0 Å². The van der Waals surface area contributed by atoms with Gasteiger partial charge in [-0.15, -0.1) is 0 Å². The van der Waals surface area contributed by atoms with Crippen molar-refractivity contribution in [3.63, 3.8) is 0 Å². The smallest absolute Gasteiger partial charge is 0.104 e. The van der Waals surface area contributed by atoms with E-state index < -0.39 is 5.54 Å². The lowest BCUT2D eigenvalue weighted by Gasteiger charge is -2.25. The van der Waals surface area contributed by atoms with Crippen LogP contribution in [0.5, 0.6) is 0 Å². The van der Waals surface area contributed by atoms with E-state index >= 15 is 0 Å².